The number of Topliss-reactive ketones (excluding diaryl/α,β-unsaturated/α-hetero) is 1. The average Bonchev–Trinajstić information content (AvgIpc) is 3.17. The molecule has 0 radical (unpaired) electrons. The Bertz CT molecular complexity index is 1230. The Morgan fingerprint density at radius 1 is 0.853 bits per heavy atom. The number of aryl methyl sites for hydroxylation is 1. The maximum absolute atomic E-state index is 13.1. The molecule has 7 heteroatoms. The zero-order valence-electron chi connectivity index (χ0n) is 19.8. The van der Waals surface area contributed by atoms with E-state index in [1.165, 1.54) is 21.3 Å². The van der Waals surface area contributed by atoms with Crippen LogP contribution in [0.15, 0.2) is 54.3 Å². The van der Waals surface area contributed by atoms with Crippen LogP contribution < -0.4 is 28.4 Å². The van der Waals surface area contributed by atoms with Crippen LogP contribution in [0.5, 0.6) is 34.5 Å². The molecule has 7 nitrogen and oxygen atoms in total. The highest BCUT2D eigenvalue weighted by Gasteiger charge is 2.30. The van der Waals surface area contributed by atoms with Crippen molar-refractivity contribution in [1.82, 2.24) is 0 Å². The van der Waals surface area contributed by atoms with Crippen LogP contribution in [0, 0.1) is 6.92 Å². The van der Waals surface area contributed by atoms with Gasteiger partial charge in [-0.05, 0) is 60.0 Å². The van der Waals surface area contributed by atoms with E-state index in [0.29, 0.717) is 46.5 Å². The molecule has 0 N–H and O–H groups in total. The van der Waals surface area contributed by atoms with Gasteiger partial charge >= 0.3 is 0 Å². The third-order valence-corrected chi connectivity index (χ3v) is 5.47. The molecule has 1 aliphatic rings. The van der Waals surface area contributed by atoms with Gasteiger partial charge in [-0.3, -0.25) is 4.79 Å². The highest BCUT2D eigenvalue weighted by molar-refractivity contribution is 6.15. The van der Waals surface area contributed by atoms with Crippen molar-refractivity contribution in [3.63, 3.8) is 0 Å². The number of allylic oxidation sites excluding steroid dienone is 1. The molecule has 1 aliphatic heterocycles. The number of carbonyl (C=O) groups is 1. The second kappa shape index (κ2) is 9.79. The van der Waals surface area contributed by atoms with Crippen LogP contribution in [0.2, 0.25) is 0 Å². The summed E-state index contributed by atoms with van der Waals surface area (Å²) < 4.78 is 33.3. The van der Waals surface area contributed by atoms with Gasteiger partial charge in [-0.1, -0.05) is 12.1 Å². The predicted octanol–water partition coefficient (Wildman–Crippen LogP) is 5.22. The molecule has 0 aromatic heterocycles. The molecule has 4 rings (SSSR count). The molecular weight excluding hydrogens is 436 g/mol. The van der Waals surface area contributed by atoms with Crippen LogP contribution in [-0.4, -0.2) is 34.2 Å². The van der Waals surface area contributed by atoms with Gasteiger partial charge in [0.25, 0.3) is 0 Å². The minimum Gasteiger partial charge on any atom is -0.497 e. The summed E-state index contributed by atoms with van der Waals surface area (Å²) in [6.45, 7) is 2.22. The number of fused-ring (bicyclic) bond motifs is 1. The third kappa shape index (κ3) is 4.50. The fourth-order valence-electron chi connectivity index (χ4n) is 3.83. The first-order chi connectivity index (χ1) is 16.5. The SMILES string of the molecule is COc1cccc(COc2cc(C)c3c(c2)O/C(=C\c2cc(OC)c(OC)c(OC)c2)C3=O)c1. The third-order valence-electron chi connectivity index (χ3n) is 5.47. The fourth-order valence-corrected chi connectivity index (χ4v) is 3.83. The number of rotatable bonds is 8. The maximum Gasteiger partial charge on any atom is 0.232 e. The molecule has 0 amide bonds. The second-order valence-electron chi connectivity index (χ2n) is 7.65. The highest BCUT2D eigenvalue weighted by atomic mass is 16.5. The summed E-state index contributed by atoms with van der Waals surface area (Å²) in [4.78, 5) is 13.1. The van der Waals surface area contributed by atoms with E-state index in [0.717, 1.165) is 16.9 Å². The molecule has 0 bridgehead atoms. The summed E-state index contributed by atoms with van der Waals surface area (Å²) >= 11 is 0. The Morgan fingerprint density at radius 2 is 1.59 bits per heavy atom. The van der Waals surface area contributed by atoms with Gasteiger partial charge in [-0.15, -0.1) is 0 Å². The first kappa shape index (κ1) is 23.0. The summed E-state index contributed by atoms with van der Waals surface area (Å²) in [7, 11) is 6.24. The van der Waals surface area contributed by atoms with Crippen LogP contribution in [0.1, 0.15) is 27.0 Å². The van der Waals surface area contributed by atoms with Gasteiger partial charge < -0.3 is 28.4 Å². The van der Waals surface area contributed by atoms with Gasteiger partial charge in [0, 0.05) is 6.07 Å². The van der Waals surface area contributed by atoms with Gasteiger partial charge in [0.05, 0.1) is 34.0 Å². The second-order valence-corrected chi connectivity index (χ2v) is 7.65. The molecule has 0 fully saturated rings. The molecule has 0 saturated heterocycles. The molecule has 0 atom stereocenters. The Hall–Kier alpha value is -4.13. The minimum absolute atomic E-state index is 0.194. The molecule has 0 spiro atoms. The molecule has 0 unspecified atom stereocenters. The van der Waals surface area contributed by atoms with E-state index in [2.05, 4.69) is 0 Å². The maximum atomic E-state index is 13.1. The van der Waals surface area contributed by atoms with E-state index >= 15 is 0 Å². The molecule has 1 heterocycles. The van der Waals surface area contributed by atoms with E-state index in [-0.39, 0.29) is 11.5 Å². The van der Waals surface area contributed by atoms with Crippen LogP contribution in [-0.2, 0) is 6.61 Å². The van der Waals surface area contributed by atoms with Gasteiger partial charge in [0.1, 0.15) is 23.9 Å². The van der Waals surface area contributed by atoms with Crippen LogP contribution in [0.4, 0.5) is 0 Å². The average molecular weight is 462 g/mol. The van der Waals surface area contributed by atoms with Crippen LogP contribution in [0.25, 0.3) is 6.08 Å². The quantitative estimate of drug-likeness (QED) is 0.425. The minimum atomic E-state index is -0.194. The number of hydrogen-bond acceptors (Lipinski definition) is 7. The Morgan fingerprint density at radius 3 is 2.24 bits per heavy atom. The van der Waals surface area contributed by atoms with Gasteiger partial charge in [0.2, 0.25) is 11.5 Å². The number of benzene rings is 3. The lowest BCUT2D eigenvalue weighted by Crippen LogP contribution is -2.01. The Balaban J connectivity index is 1.59. The van der Waals surface area contributed by atoms with E-state index in [9.17, 15) is 4.79 Å². The summed E-state index contributed by atoms with van der Waals surface area (Å²) in [6, 6.07) is 14.7. The van der Waals surface area contributed by atoms with E-state index in [1.807, 2.05) is 37.3 Å². The van der Waals surface area contributed by atoms with Crippen molar-refractivity contribution in [2.75, 3.05) is 28.4 Å². The highest BCUT2D eigenvalue weighted by Crippen LogP contribution is 2.41. The van der Waals surface area contributed by atoms with Crippen molar-refractivity contribution in [3.8, 4) is 34.5 Å². The fraction of sp³-hybridized carbons (Fsp3) is 0.222. The van der Waals surface area contributed by atoms with Crippen molar-refractivity contribution in [1.29, 1.82) is 0 Å². The molecule has 3 aromatic rings. The lowest BCUT2D eigenvalue weighted by atomic mass is 10.0. The van der Waals surface area contributed by atoms with E-state index in [4.69, 9.17) is 28.4 Å². The number of ketones is 1. The molecule has 34 heavy (non-hydrogen) atoms. The van der Waals surface area contributed by atoms with E-state index < -0.39 is 0 Å². The van der Waals surface area contributed by atoms with Crippen molar-refractivity contribution in [2.45, 2.75) is 13.5 Å². The Kier molecular flexibility index (Phi) is 6.63. The van der Waals surface area contributed by atoms with Crippen molar-refractivity contribution in [3.05, 3.63) is 76.5 Å². The number of carbonyl (C=O) groups excluding carboxylic acids is 1. The van der Waals surface area contributed by atoms with Crippen molar-refractivity contribution < 1.29 is 33.2 Å². The van der Waals surface area contributed by atoms with E-state index in [1.54, 1.807) is 31.4 Å². The number of ether oxygens (including phenoxy) is 6. The monoisotopic (exact) mass is 462 g/mol. The van der Waals surface area contributed by atoms with Crippen LogP contribution in [0.3, 0.4) is 0 Å². The normalized spacial score (nSPS) is 13.3. The topological polar surface area (TPSA) is 72.5 Å². The van der Waals surface area contributed by atoms with Crippen LogP contribution >= 0.6 is 0 Å². The van der Waals surface area contributed by atoms with Gasteiger partial charge in [-0.25, -0.2) is 0 Å². The molecular formula is C27H26O7. The van der Waals surface area contributed by atoms with Crippen molar-refractivity contribution >= 4 is 11.9 Å². The zero-order valence-corrected chi connectivity index (χ0v) is 19.8. The largest absolute Gasteiger partial charge is 0.497 e. The summed E-state index contributed by atoms with van der Waals surface area (Å²) in [5.41, 5.74) is 2.94. The molecule has 0 aliphatic carbocycles. The summed E-state index contributed by atoms with van der Waals surface area (Å²) in [6.07, 6.45) is 1.66. The first-order valence-electron chi connectivity index (χ1n) is 10.6. The van der Waals surface area contributed by atoms with Gasteiger partial charge in [-0.2, -0.15) is 0 Å². The smallest absolute Gasteiger partial charge is 0.232 e. The standard InChI is InChI=1S/C27H26O7/c1-16-9-20(33-15-17-7-6-8-19(10-17)29-2)14-21-25(16)26(28)22(34-21)11-18-12-23(30-3)27(32-5)24(13-18)31-4/h6-14H,15H2,1-5H3/b22-11-. The predicted molar refractivity (Wildman–Crippen MR) is 128 cm³/mol. The lowest BCUT2D eigenvalue weighted by molar-refractivity contribution is 0.101. The number of methoxy groups -OCH3 is 4. The molecule has 0 saturated carbocycles. The van der Waals surface area contributed by atoms with Gasteiger partial charge in [0.15, 0.2) is 17.3 Å². The van der Waals surface area contributed by atoms with Crippen molar-refractivity contribution in [2.24, 2.45) is 0 Å². The first-order valence-corrected chi connectivity index (χ1v) is 10.6. The molecule has 3 aromatic carbocycles. The lowest BCUT2D eigenvalue weighted by Gasteiger charge is -2.13. The zero-order chi connectivity index (χ0) is 24.2. The summed E-state index contributed by atoms with van der Waals surface area (Å²) in [5.74, 6) is 3.30. The molecule has 176 valence electrons. The summed E-state index contributed by atoms with van der Waals surface area (Å²) in [5, 5.41) is 0. The number of hydrogen-bond donors (Lipinski definition) is 0. The Labute approximate surface area is 198 Å².